The van der Waals surface area contributed by atoms with Gasteiger partial charge in [0.25, 0.3) is 0 Å². The summed E-state index contributed by atoms with van der Waals surface area (Å²) in [5, 5.41) is 10.8. The molecule has 0 unspecified atom stereocenters. The van der Waals surface area contributed by atoms with Gasteiger partial charge in [-0.3, -0.25) is 4.31 Å². The number of benzene rings is 1. The highest BCUT2D eigenvalue weighted by Gasteiger charge is 2.32. The summed E-state index contributed by atoms with van der Waals surface area (Å²) in [6.45, 7) is 3.39. The first-order chi connectivity index (χ1) is 12.4. The maximum atomic E-state index is 11.9. The van der Waals surface area contributed by atoms with Crippen molar-refractivity contribution < 1.29 is 13.5 Å². The van der Waals surface area contributed by atoms with Gasteiger partial charge in [0.2, 0.25) is 10.0 Å². The van der Waals surface area contributed by atoms with Gasteiger partial charge in [0, 0.05) is 19.6 Å². The lowest BCUT2D eigenvalue weighted by molar-refractivity contribution is 0.0459. The standard InChI is InChI=1S/C20H30N2O3S/c1-26(24,25)22-11-9-16-12-17(6-7-19(16)22)20(23)14-21-10-8-15-4-2-3-5-18(15)13-21/h6-7,12,15,18,20,23H,2-5,8-11,13-14H2,1H3/t15-,18-,20+/m0/s1. The molecule has 2 fully saturated rings. The van der Waals surface area contributed by atoms with Gasteiger partial charge in [-0.2, -0.15) is 0 Å². The number of fused-ring (bicyclic) bond motifs is 2. The first-order valence-electron chi connectivity index (χ1n) is 9.93. The van der Waals surface area contributed by atoms with Crippen LogP contribution in [-0.4, -0.2) is 50.9 Å². The minimum Gasteiger partial charge on any atom is -0.387 e. The van der Waals surface area contributed by atoms with Crippen LogP contribution >= 0.6 is 0 Å². The van der Waals surface area contributed by atoms with Crippen molar-refractivity contribution in [1.82, 2.24) is 4.90 Å². The summed E-state index contributed by atoms with van der Waals surface area (Å²) in [6, 6.07) is 5.74. The molecule has 1 aromatic rings. The zero-order valence-electron chi connectivity index (χ0n) is 15.6. The fourth-order valence-electron chi connectivity index (χ4n) is 5.14. The van der Waals surface area contributed by atoms with Crippen LogP contribution in [0.25, 0.3) is 0 Å². The largest absolute Gasteiger partial charge is 0.387 e. The number of sulfonamides is 1. The number of nitrogens with zero attached hydrogens (tertiary/aromatic N) is 2. The highest BCUT2D eigenvalue weighted by molar-refractivity contribution is 7.92. The van der Waals surface area contributed by atoms with Crippen molar-refractivity contribution >= 4 is 15.7 Å². The number of hydrogen-bond donors (Lipinski definition) is 1. The molecule has 1 saturated carbocycles. The van der Waals surface area contributed by atoms with Gasteiger partial charge in [0.15, 0.2) is 0 Å². The maximum absolute atomic E-state index is 11.9. The maximum Gasteiger partial charge on any atom is 0.232 e. The van der Waals surface area contributed by atoms with Crippen LogP contribution < -0.4 is 4.31 Å². The van der Waals surface area contributed by atoms with Gasteiger partial charge < -0.3 is 10.0 Å². The Morgan fingerprint density at radius 2 is 1.92 bits per heavy atom. The highest BCUT2D eigenvalue weighted by Crippen LogP contribution is 2.37. The molecule has 1 aliphatic carbocycles. The van der Waals surface area contributed by atoms with E-state index in [9.17, 15) is 13.5 Å². The fourth-order valence-corrected chi connectivity index (χ4v) is 6.09. The van der Waals surface area contributed by atoms with Crippen molar-refractivity contribution in [1.29, 1.82) is 0 Å². The van der Waals surface area contributed by atoms with Crippen LogP contribution in [0.1, 0.15) is 49.3 Å². The average Bonchev–Trinajstić information content (AvgIpc) is 3.05. The highest BCUT2D eigenvalue weighted by atomic mass is 32.2. The molecule has 3 aliphatic rings. The van der Waals surface area contributed by atoms with E-state index in [0.717, 1.165) is 48.2 Å². The fraction of sp³-hybridized carbons (Fsp3) is 0.700. The van der Waals surface area contributed by atoms with Crippen molar-refractivity contribution in [2.45, 2.75) is 44.6 Å². The Morgan fingerprint density at radius 3 is 2.69 bits per heavy atom. The molecule has 5 nitrogen and oxygen atoms in total. The minimum atomic E-state index is -3.22. The van der Waals surface area contributed by atoms with Gasteiger partial charge in [-0.05, 0) is 54.8 Å². The normalized spacial score (nSPS) is 27.8. The molecule has 144 valence electrons. The number of likely N-dealkylation sites (tertiary alicyclic amines) is 1. The molecule has 6 heteroatoms. The zero-order valence-corrected chi connectivity index (χ0v) is 16.4. The quantitative estimate of drug-likeness (QED) is 0.875. The average molecular weight is 379 g/mol. The Morgan fingerprint density at radius 1 is 1.15 bits per heavy atom. The van der Waals surface area contributed by atoms with Gasteiger partial charge in [-0.25, -0.2) is 8.42 Å². The summed E-state index contributed by atoms with van der Waals surface area (Å²) in [5.74, 6) is 1.71. The monoisotopic (exact) mass is 378 g/mol. The molecule has 1 N–H and O–H groups in total. The number of aliphatic hydroxyl groups excluding tert-OH is 1. The Kier molecular flexibility index (Phi) is 5.01. The van der Waals surface area contributed by atoms with E-state index in [-0.39, 0.29) is 0 Å². The van der Waals surface area contributed by atoms with E-state index in [0.29, 0.717) is 13.1 Å². The van der Waals surface area contributed by atoms with Crippen molar-refractivity contribution in [3.63, 3.8) is 0 Å². The molecule has 2 heterocycles. The smallest absolute Gasteiger partial charge is 0.232 e. The van der Waals surface area contributed by atoms with E-state index >= 15 is 0 Å². The van der Waals surface area contributed by atoms with Gasteiger partial charge in [0.1, 0.15) is 0 Å². The topological polar surface area (TPSA) is 60.9 Å². The van der Waals surface area contributed by atoms with Crippen LogP contribution in [0.5, 0.6) is 0 Å². The first-order valence-corrected chi connectivity index (χ1v) is 11.8. The molecule has 1 saturated heterocycles. The van der Waals surface area contributed by atoms with Crippen molar-refractivity contribution in [2.24, 2.45) is 11.8 Å². The lowest BCUT2D eigenvalue weighted by Gasteiger charge is -2.41. The first kappa shape index (κ1) is 18.3. The van der Waals surface area contributed by atoms with Crippen LogP contribution in [-0.2, 0) is 16.4 Å². The molecule has 0 bridgehead atoms. The van der Waals surface area contributed by atoms with E-state index < -0.39 is 16.1 Å². The van der Waals surface area contributed by atoms with Crippen LogP contribution in [0, 0.1) is 11.8 Å². The van der Waals surface area contributed by atoms with Gasteiger partial charge >= 0.3 is 0 Å². The summed E-state index contributed by atoms with van der Waals surface area (Å²) in [7, 11) is -3.22. The molecular weight excluding hydrogens is 348 g/mol. The van der Waals surface area contributed by atoms with Crippen LogP contribution in [0.4, 0.5) is 5.69 Å². The second-order valence-corrected chi connectivity index (χ2v) is 10.2. The molecule has 0 radical (unpaired) electrons. The molecule has 0 aromatic heterocycles. The van der Waals surface area contributed by atoms with Gasteiger partial charge in [-0.1, -0.05) is 31.4 Å². The van der Waals surface area contributed by atoms with Crippen LogP contribution in [0.3, 0.4) is 0 Å². The predicted octanol–water partition coefficient (Wildman–Crippen LogP) is 2.55. The minimum absolute atomic E-state index is 0.503. The summed E-state index contributed by atoms with van der Waals surface area (Å²) in [5.41, 5.74) is 2.70. The third-order valence-electron chi connectivity index (χ3n) is 6.55. The van der Waals surface area contributed by atoms with E-state index in [4.69, 9.17) is 0 Å². The van der Waals surface area contributed by atoms with E-state index in [2.05, 4.69) is 4.90 Å². The molecule has 3 atom stereocenters. The SMILES string of the molecule is CS(=O)(=O)N1CCc2cc([C@H](O)CN3CC[C@@H]4CCCC[C@H]4C3)ccc21. The van der Waals surface area contributed by atoms with Crippen LogP contribution in [0.2, 0.25) is 0 Å². The Balaban J connectivity index is 1.42. The molecule has 2 aliphatic heterocycles. The van der Waals surface area contributed by atoms with Crippen molar-refractivity contribution in [3.05, 3.63) is 29.3 Å². The summed E-state index contributed by atoms with van der Waals surface area (Å²) in [6.07, 6.45) is 8.22. The summed E-state index contributed by atoms with van der Waals surface area (Å²) in [4.78, 5) is 2.42. The van der Waals surface area contributed by atoms with Crippen molar-refractivity contribution in [3.8, 4) is 0 Å². The molecule has 26 heavy (non-hydrogen) atoms. The summed E-state index contributed by atoms with van der Waals surface area (Å²) < 4.78 is 25.2. The van der Waals surface area contributed by atoms with E-state index in [1.165, 1.54) is 42.7 Å². The number of anilines is 1. The Labute approximate surface area is 157 Å². The molecular formula is C20H30N2O3S. The third kappa shape index (κ3) is 3.64. The Bertz CT molecular complexity index is 764. The number of rotatable bonds is 4. The Hall–Kier alpha value is -1.11. The third-order valence-corrected chi connectivity index (χ3v) is 7.73. The van der Waals surface area contributed by atoms with E-state index in [1.807, 2.05) is 18.2 Å². The molecule has 0 spiro atoms. The number of β-amino-alcohol motifs (C(OH)–C–C–N with tert-alkyl or cyclic N) is 1. The van der Waals surface area contributed by atoms with E-state index in [1.54, 1.807) is 0 Å². The second-order valence-electron chi connectivity index (χ2n) is 8.34. The number of hydrogen-bond acceptors (Lipinski definition) is 4. The number of piperidine rings is 1. The summed E-state index contributed by atoms with van der Waals surface area (Å²) >= 11 is 0. The number of aliphatic hydroxyl groups is 1. The molecule has 4 rings (SSSR count). The second kappa shape index (κ2) is 7.13. The zero-order chi connectivity index (χ0) is 18.3. The molecule has 0 amide bonds. The molecule has 1 aromatic carbocycles. The lowest BCUT2D eigenvalue weighted by atomic mass is 9.75. The lowest BCUT2D eigenvalue weighted by Crippen LogP contribution is -2.43. The van der Waals surface area contributed by atoms with Gasteiger partial charge in [-0.15, -0.1) is 0 Å². The van der Waals surface area contributed by atoms with Crippen LogP contribution in [0.15, 0.2) is 18.2 Å². The van der Waals surface area contributed by atoms with Crippen molar-refractivity contribution in [2.75, 3.05) is 36.7 Å². The predicted molar refractivity (Wildman–Crippen MR) is 104 cm³/mol. The van der Waals surface area contributed by atoms with Gasteiger partial charge in [0.05, 0.1) is 18.0 Å².